The second kappa shape index (κ2) is 6.88. The van der Waals surface area contributed by atoms with Crippen molar-refractivity contribution in [2.45, 2.75) is 38.9 Å². The molecule has 0 fully saturated rings. The molecule has 1 atom stereocenters. The molecule has 0 bridgehead atoms. The van der Waals surface area contributed by atoms with E-state index in [9.17, 15) is 17.6 Å². The van der Waals surface area contributed by atoms with Crippen molar-refractivity contribution in [3.05, 3.63) is 47.3 Å². The monoisotopic (exact) mass is 289 g/mol. The SMILES string of the molecule is C=C(CC)CC(NCC)c1cccc(C(F)(F)F)c1F. The third kappa shape index (κ3) is 4.07. The van der Waals surface area contributed by atoms with E-state index >= 15 is 0 Å². The molecule has 1 unspecified atom stereocenters. The van der Waals surface area contributed by atoms with Gasteiger partial charge in [0.05, 0.1) is 5.56 Å². The molecule has 0 amide bonds. The highest BCUT2D eigenvalue weighted by molar-refractivity contribution is 5.31. The van der Waals surface area contributed by atoms with Crippen LogP contribution in [0.4, 0.5) is 17.6 Å². The molecule has 1 rings (SSSR count). The van der Waals surface area contributed by atoms with Crippen molar-refractivity contribution < 1.29 is 17.6 Å². The first kappa shape index (κ1) is 16.7. The van der Waals surface area contributed by atoms with Crippen molar-refractivity contribution >= 4 is 0 Å². The number of rotatable bonds is 6. The predicted octanol–water partition coefficient (Wildman–Crippen LogP) is 4.85. The Morgan fingerprint density at radius 2 is 1.95 bits per heavy atom. The van der Waals surface area contributed by atoms with Crippen molar-refractivity contribution in [2.24, 2.45) is 0 Å². The molecule has 0 aromatic heterocycles. The van der Waals surface area contributed by atoms with Crippen LogP contribution in [-0.2, 0) is 6.18 Å². The van der Waals surface area contributed by atoms with Gasteiger partial charge in [-0.1, -0.05) is 38.1 Å². The van der Waals surface area contributed by atoms with Crippen LogP contribution < -0.4 is 5.32 Å². The quantitative estimate of drug-likeness (QED) is 0.583. The third-order valence-corrected chi connectivity index (χ3v) is 3.15. The number of halogens is 4. The minimum atomic E-state index is -4.68. The Morgan fingerprint density at radius 3 is 2.45 bits per heavy atom. The van der Waals surface area contributed by atoms with Gasteiger partial charge in [0.25, 0.3) is 0 Å². The summed E-state index contributed by atoms with van der Waals surface area (Å²) in [7, 11) is 0. The zero-order chi connectivity index (χ0) is 15.3. The summed E-state index contributed by atoms with van der Waals surface area (Å²) >= 11 is 0. The summed E-state index contributed by atoms with van der Waals surface area (Å²) in [4.78, 5) is 0. The van der Waals surface area contributed by atoms with E-state index in [1.165, 1.54) is 12.1 Å². The smallest absolute Gasteiger partial charge is 0.310 e. The van der Waals surface area contributed by atoms with E-state index in [4.69, 9.17) is 0 Å². The summed E-state index contributed by atoms with van der Waals surface area (Å²) in [6.45, 7) is 8.11. The minimum Gasteiger partial charge on any atom is -0.310 e. The number of hydrogen-bond donors (Lipinski definition) is 1. The zero-order valence-electron chi connectivity index (χ0n) is 11.6. The van der Waals surface area contributed by atoms with E-state index in [-0.39, 0.29) is 5.56 Å². The Labute approximate surface area is 116 Å². The van der Waals surface area contributed by atoms with Gasteiger partial charge in [0.1, 0.15) is 5.82 Å². The molecule has 0 saturated heterocycles. The third-order valence-electron chi connectivity index (χ3n) is 3.15. The van der Waals surface area contributed by atoms with Gasteiger partial charge in [-0.25, -0.2) is 4.39 Å². The standard InChI is InChI=1S/C15H19F4N/c1-4-10(3)9-13(20-5-2)11-7-6-8-12(14(11)16)15(17,18)19/h6-8,13,20H,3-5,9H2,1-2H3. The topological polar surface area (TPSA) is 12.0 Å². The van der Waals surface area contributed by atoms with Gasteiger partial charge in [0.15, 0.2) is 0 Å². The lowest BCUT2D eigenvalue weighted by atomic mass is 9.96. The second-order valence-electron chi connectivity index (χ2n) is 4.62. The first-order valence-corrected chi connectivity index (χ1v) is 6.56. The largest absolute Gasteiger partial charge is 0.419 e. The molecule has 0 radical (unpaired) electrons. The molecule has 1 aromatic carbocycles. The van der Waals surface area contributed by atoms with Gasteiger partial charge in [0, 0.05) is 11.6 Å². The molecule has 0 aliphatic carbocycles. The van der Waals surface area contributed by atoms with E-state index < -0.39 is 23.6 Å². The van der Waals surface area contributed by atoms with Gasteiger partial charge >= 0.3 is 6.18 Å². The van der Waals surface area contributed by atoms with Crippen molar-refractivity contribution in [1.82, 2.24) is 5.32 Å². The molecule has 1 nitrogen and oxygen atoms in total. The van der Waals surface area contributed by atoms with Crippen molar-refractivity contribution in [1.29, 1.82) is 0 Å². The lowest BCUT2D eigenvalue weighted by Gasteiger charge is -2.21. The lowest BCUT2D eigenvalue weighted by Crippen LogP contribution is -2.23. The van der Waals surface area contributed by atoms with Crippen molar-refractivity contribution in [3.63, 3.8) is 0 Å². The Kier molecular flexibility index (Phi) is 5.74. The Balaban J connectivity index is 3.17. The van der Waals surface area contributed by atoms with Crippen LogP contribution in [0.1, 0.15) is 43.9 Å². The van der Waals surface area contributed by atoms with E-state index in [1.807, 2.05) is 13.8 Å². The first-order valence-electron chi connectivity index (χ1n) is 6.56. The lowest BCUT2D eigenvalue weighted by molar-refractivity contribution is -0.140. The predicted molar refractivity (Wildman–Crippen MR) is 71.9 cm³/mol. The fourth-order valence-corrected chi connectivity index (χ4v) is 2.01. The number of benzene rings is 1. The van der Waals surface area contributed by atoms with Crippen LogP contribution in [0.25, 0.3) is 0 Å². The highest BCUT2D eigenvalue weighted by atomic mass is 19.4. The summed E-state index contributed by atoms with van der Waals surface area (Å²) < 4.78 is 52.3. The number of nitrogens with one attached hydrogen (secondary N) is 1. The second-order valence-corrected chi connectivity index (χ2v) is 4.62. The normalized spacial score (nSPS) is 13.3. The van der Waals surface area contributed by atoms with Gasteiger partial charge in [-0.05, 0) is 25.5 Å². The molecule has 1 aromatic rings. The van der Waals surface area contributed by atoms with E-state index in [0.29, 0.717) is 19.4 Å². The Hall–Kier alpha value is -1.36. The molecule has 0 aliphatic rings. The average Bonchev–Trinajstić information content (AvgIpc) is 2.37. The van der Waals surface area contributed by atoms with Crippen LogP contribution >= 0.6 is 0 Å². The van der Waals surface area contributed by atoms with Gasteiger partial charge in [-0.3, -0.25) is 0 Å². The molecular weight excluding hydrogens is 270 g/mol. The van der Waals surface area contributed by atoms with Gasteiger partial charge in [-0.2, -0.15) is 13.2 Å². The fourth-order valence-electron chi connectivity index (χ4n) is 2.01. The van der Waals surface area contributed by atoms with E-state index in [0.717, 1.165) is 11.6 Å². The minimum absolute atomic E-state index is 0.0382. The summed E-state index contributed by atoms with van der Waals surface area (Å²) in [6.07, 6.45) is -3.55. The molecule has 5 heteroatoms. The molecule has 0 heterocycles. The maximum atomic E-state index is 14.1. The molecular formula is C15H19F4N. The summed E-state index contributed by atoms with van der Waals surface area (Å²) in [5, 5.41) is 3.02. The molecule has 0 spiro atoms. The molecule has 0 saturated carbocycles. The average molecular weight is 289 g/mol. The highest BCUT2D eigenvalue weighted by Gasteiger charge is 2.35. The summed E-state index contributed by atoms with van der Waals surface area (Å²) in [5.41, 5.74) is -0.316. The summed E-state index contributed by atoms with van der Waals surface area (Å²) in [6, 6.07) is 2.90. The van der Waals surface area contributed by atoms with Gasteiger partial charge in [0.2, 0.25) is 0 Å². The van der Waals surface area contributed by atoms with Crippen molar-refractivity contribution in [2.75, 3.05) is 6.54 Å². The van der Waals surface area contributed by atoms with Crippen molar-refractivity contribution in [3.8, 4) is 0 Å². The molecule has 20 heavy (non-hydrogen) atoms. The molecule has 112 valence electrons. The fraction of sp³-hybridized carbons (Fsp3) is 0.467. The number of alkyl halides is 3. The summed E-state index contributed by atoms with van der Waals surface area (Å²) in [5.74, 6) is -1.20. The van der Waals surface area contributed by atoms with Crippen LogP contribution in [0.3, 0.4) is 0 Å². The van der Waals surface area contributed by atoms with Crippen LogP contribution in [0.15, 0.2) is 30.4 Å². The first-order chi connectivity index (χ1) is 9.31. The molecule has 0 aliphatic heterocycles. The Morgan fingerprint density at radius 1 is 1.30 bits per heavy atom. The van der Waals surface area contributed by atoms with Crippen LogP contribution in [0, 0.1) is 5.82 Å². The van der Waals surface area contributed by atoms with Crippen LogP contribution in [-0.4, -0.2) is 6.54 Å². The van der Waals surface area contributed by atoms with Gasteiger partial charge in [-0.15, -0.1) is 0 Å². The van der Waals surface area contributed by atoms with Crippen LogP contribution in [0.5, 0.6) is 0 Å². The van der Waals surface area contributed by atoms with E-state index in [1.54, 1.807) is 0 Å². The maximum absolute atomic E-state index is 14.1. The Bertz CT molecular complexity index is 465. The van der Waals surface area contributed by atoms with Crippen LogP contribution in [0.2, 0.25) is 0 Å². The highest BCUT2D eigenvalue weighted by Crippen LogP contribution is 2.35. The number of hydrogen-bond acceptors (Lipinski definition) is 1. The molecule has 1 N–H and O–H groups in total. The van der Waals surface area contributed by atoms with E-state index in [2.05, 4.69) is 11.9 Å². The van der Waals surface area contributed by atoms with Gasteiger partial charge < -0.3 is 5.32 Å². The zero-order valence-corrected chi connectivity index (χ0v) is 11.6. The maximum Gasteiger partial charge on any atom is 0.419 e.